The monoisotopic (exact) mass is 519 g/mol. The van der Waals surface area contributed by atoms with Crippen LogP contribution in [0.4, 0.5) is 4.39 Å². The van der Waals surface area contributed by atoms with Crippen LogP contribution < -0.4 is 0 Å². The summed E-state index contributed by atoms with van der Waals surface area (Å²) in [4.78, 5) is 10.6. The van der Waals surface area contributed by atoms with Crippen LogP contribution in [0.5, 0.6) is 0 Å². The molecular weight excluding hydrogens is 504 g/mol. The molecule has 8 heteroatoms. The molecule has 5 nitrogen and oxygen atoms in total. The van der Waals surface area contributed by atoms with Gasteiger partial charge in [0.05, 0.1) is 0 Å². The van der Waals surface area contributed by atoms with Crippen molar-refractivity contribution in [2.45, 2.75) is 19.8 Å². The average molecular weight is 519 g/mol. The van der Waals surface area contributed by atoms with Crippen LogP contribution in [0.2, 0.25) is 0 Å². The molecule has 0 aliphatic heterocycles. The van der Waals surface area contributed by atoms with Crippen LogP contribution in [-0.4, -0.2) is 38.7 Å². The van der Waals surface area contributed by atoms with Crippen molar-refractivity contribution in [2.24, 2.45) is 0 Å². The van der Waals surface area contributed by atoms with E-state index in [1.807, 2.05) is 6.92 Å². The van der Waals surface area contributed by atoms with E-state index in [4.69, 9.17) is 0 Å². The van der Waals surface area contributed by atoms with Gasteiger partial charge < -0.3 is 9.29 Å². The zero-order valence-electron chi connectivity index (χ0n) is 9.82. The van der Waals surface area contributed by atoms with Crippen molar-refractivity contribution in [3.05, 3.63) is 12.4 Å². The first-order valence-corrected chi connectivity index (χ1v) is 5.88. The van der Waals surface area contributed by atoms with Gasteiger partial charge in [-0.2, -0.15) is 4.39 Å². The van der Waals surface area contributed by atoms with Crippen molar-refractivity contribution in [3.63, 3.8) is 0 Å². The minimum atomic E-state index is -2.35. The van der Waals surface area contributed by atoms with Crippen LogP contribution in [0.1, 0.15) is 19.8 Å². The Morgan fingerprint density at radius 1 is 1.53 bits per heavy atom. The van der Waals surface area contributed by atoms with Crippen LogP contribution >= 0.6 is 0 Å². The fourth-order valence-electron chi connectivity index (χ4n) is 0.914. The Hall–Kier alpha value is -1.79. The number of halogens is 1. The Labute approximate surface area is 96.7 Å². The third kappa shape index (κ3) is 8.06. The van der Waals surface area contributed by atoms with Gasteiger partial charge in [0, 0.05) is 24.4 Å². The predicted octanol–water partition coefficient (Wildman–Crippen LogP) is 0.909. The largest absolute Gasteiger partial charge is 0.760 e. The van der Waals surface area contributed by atoms with Gasteiger partial charge in [-0.1, -0.05) is 19.9 Å². The van der Waals surface area contributed by atoms with Crippen LogP contribution in [0, 0.1) is 0 Å². The van der Waals surface area contributed by atoms with E-state index in [1.165, 1.54) is 0 Å². The fraction of sp³-hybridized carbons (Fsp3) is 0.667. The first-order valence-electron chi connectivity index (χ1n) is 4.84. The molecule has 0 aromatic carbocycles. The number of hydrogen-bond acceptors (Lipinski definition) is 4. The predicted molar refractivity (Wildman–Crippen MR) is 56.6 cm³/mol. The van der Waals surface area contributed by atoms with Crippen molar-refractivity contribution in [1.82, 2.24) is 4.31 Å². The fourth-order valence-corrected chi connectivity index (χ4v) is 1.42. The van der Waals surface area contributed by atoms with Gasteiger partial charge in [0.15, 0.2) is 0 Å². The summed E-state index contributed by atoms with van der Waals surface area (Å²) >= 11 is -2.35. The topological polar surface area (TPSA) is 69.7 Å². The summed E-state index contributed by atoms with van der Waals surface area (Å²) < 4.78 is 39.2. The molecule has 0 aromatic rings. The normalized spacial score (nSPS) is 11.8. The van der Waals surface area contributed by atoms with Gasteiger partial charge >= 0.3 is 5.97 Å². The molecule has 0 aromatic heterocycles. The Morgan fingerprint density at radius 2 is 2.12 bits per heavy atom. The SMILES string of the molecule is C=C(F)C(=O)OCCN(CCCC)S(=O)[O-].[Rf]. The van der Waals surface area contributed by atoms with E-state index in [9.17, 15) is 17.9 Å². The maximum absolute atomic E-state index is 12.2. The molecule has 1 atom stereocenters. The second-order valence-electron chi connectivity index (χ2n) is 3.04. The van der Waals surface area contributed by atoms with Crippen molar-refractivity contribution in [3.8, 4) is 0 Å². The van der Waals surface area contributed by atoms with Gasteiger partial charge in [-0.25, -0.2) is 9.10 Å². The van der Waals surface area contributed by atoms with Gasteiger partial charge in [0.25, 0.3) is 0 Å². The van der Waals surface area contributed by atoms with E-state index in [2.05, 4.69) is 11.3 Å². The molecule has 17 heavy (non-hydrogen) atoms. The number of hydrogen-bond donors (Lipinski definition) is 0. The van der Waals surface area contributed by atoms with E-state index in [1.54, 1.807) is 0 Å². The molecule has 0 radical (unpaired) electrons. The van der Waals surface area contributed by atoms with Crippen LogP contribution in [0.25, 0.3) is 0 Å². The molecule has 0 aliphatic carbocycles. The molecule has 0 bridgehead atoms. The van der Waals surface area contributed by atoms with E-state index < -0.39 is 23.1 Å². The molecule has 0 rings (SSSR count). The average Bonchev–Trinajstić information content (AvgIpc) is 2.21. The number of rotatable bonds is 8. The van der Waals surface area contributed by atoms with Crippen molar-refractivity contribution >= 4 is 17.2 Å². The summed E-state index contributed by atoms with van der Waals surface area (Å²) in [7, 11) is 0. The summed E-state index contributed by atoms with van der Waals surface area (Å²) in [5.74, 6) is -2.35. The Morgan fingerprint density at radius 3 is 2.53 bits per heavy atom. The molecule has 0 saturated carbocycles. The molecule has 0 amide bonds. The molecule has 1 unspecified atom stereocenters. The zero-order chi connectivity index (χ0) is 12.6. The van der Waals surface area contributed by atoms with Crippen LogP contribution in [-0.2, 0) is 20.8 Å². The van der Waals surface area contributed by atoms with Gasteiger partial charge in [-0.15, -0.1) is 0 Å². The molecule has 0 fully saturated rings. The molecule has 0 saturated heterocycles. The maximum Gasteiger partial charge on any atom is 0.366 e. The summed E-state index contributed by atoms with van der Waals surface area (Å²) in [6.07, 6.45) is 1.58. The summed E-state index contributed by atoms with van der Waals surface area (Å²) in [6.45, 7) is 4.89. The van der Waals surface area contributed by atoms with Crippen molar-refractivity contribution in [2.75, 3.05) is 19.7 Å². The maximum atomic E-state index is 12.2. The minimum absolute atomic E-state index is 0. The first kappa shape index (κ1) is 17.6. The molecule has 0 spiro atoms. The Kier molecular flexibility index (Phi) is 9.77. The second-order valence-corrected chi connectivity index (χ2v) is 3.99. The molecule has 0 heterocycles. The number of carbonyl (C=O) groups is 1. The number of esters is 1. The van der Waals surface area contributed by atoms with Gasteiger partial charge in [-0.3, -0.25) is 4.21 Å². The number of carbonyl (C=O) groups excluding carboxylic acids is 1. The zero-order valence-corrected chi connectivity index (χ0v) is 17.0. The third-order valence-electron chi connectivity index (χ3n) is 1.77. The smallest absolute Gasteiger partial charge is 0.366 e. The summed E-state index contributed by atoms with van der Waals surface area (Å²) in [6, 6.07) is 0. The molecule has 0 N–H and O–H groups in total. The van der Waals surface area contributed by atoms with Gasteiger partial charge in [0.2, 0.25) is 5.83 Å². The summed E-state index contributed by atoms with van der Waals surface area (Å²) in [5, 5.41) is 0. The van der Waals surface area contributed by atoms with Crippen molar-refractivity contribution in [1.29, 1.82) is 0 Å². The molecule has 96 valence electrons. The standard InChI is InChI=1S/C9H16FNO4S.Rf/c1-3-4-5-11(16(13)14)6-7-15-9(12)8(2)10;/h2-7H2,1H3,(H,13,14);/p-1. The van der Waals surface area contributed by atoms with Crippen molar-refractivity contribution < 1.29 is 22.7 Å². The van der Waals surface area contributed by atoms with Crippen LogP contribution in [0.15, 0.2) is 12.4 Å². The van der Waals surface area contributed by atoms with E-state index >= 15 is 0 Å². The molecular formula is C9H15FNO4RfS-. The van der Waals surface area contributed by atoms with E-state index in [0.29, 0.717) is 6.54 Å². The first-order chi connectivity index (χ1) is 7.49. The quantitative estimate of drug-likeness (QED) is 0.272. The Balaban J connectivity index is 0. The summed E-state index contributed by atoms with van der Waals surface area (Å²) in [5.41, 5.74) is 0. The third-order valence-corrected chi connectivity index (χ3v) is 2.55. The van der Waals surface area contributed by atoms with Gasteiger partial charge in [-0.05, 0) is 6.42 Å². The number of nitrogens with zero attached hydrogens (tertiary/aromatic N) is 1. The van der Waals surface area contributed by atoms with E-state index in [-0.39, 0.29) is 13.2 Å². The minimum Gasteiger partial charge on any atom is -0.760 e. The van der Waals surface area contributed by atoms with Gasteiger partial charge in [0.1, 0.15) is 6.61 Å². The van der Waals surface area contributed by atoms with Crippen LogP contribution in [0.3, 0.4) is 0 Å². The molecule has 0 aliphatic rings. The van der Waals surface area contributed by atoms with E-state index in [0.717, 1.165) is 17.1 Å². The second kappa shape index (κ2) is 9.44. The Bertz CT molecular complexity index is 278. The number of ether oxygens (including phenoxy) is 1. The number of unbranched alkanes of at least 4 members (excludes halogenated alkanes) is 1.